The Bertz CT molecular complexity index is 607. The first-order valence-electron chi connectivity index (χ1n) is 5.76. The van der Waals surface area contributed by atoms with Crippen LogP contribution >= 0.6 is 15.9 Å². The molecule has 0 aliphatic carbocycles. The van der Waals surface area contributed by atoms with E-state index in [1.54, 1.807) is 0 Å². The predicted molar refractivity (Wildman–Crippen MR) is 76.7 cm³/mol. The van der Waals surface area contributed by atoms with Crippen LogP contribution in [0.15, 0.2) is 21.5 Å². The molecule has 6 nitrogen and oxygen atoms in total. The zero-order valence-electron chi connectivity index (χ0n) is 10.5. The van der Waals surface area contributed by atoms with Crippen molar-refractivity contribution in [2.24, 2.45) is 5.73 Å². The second-order valence-electron chi connectivity index (χ2n) is 4.13. The van der Waals surface area contributed by atoms with E-state index in [-0.39, 0.29) is 28.0 Å². The van der Waals surface area contributed by atoms with E-state index in [9.17, 15) is 17.6 Å². The number of nitrogen functional groups attached to an aromatic ring is 1. The number of amides is 1. The van der Waals surface area contributed by atoms with Gasteiger partial charge in [0.05, 0.1) is 10.6 Å². The highest BCUT2D eigenvalue weighted by Gasteiger charge is 2.19. The SMILES string of the molecule is NC(=O)CCCCNS(=O)(=O)c1cc(N)c(F)cc1Br. The van der Waals surface area contributed by atoms with Crippen LogP contribution in [0.2, 0.25) is 0 Å². The van der Waals surface area contributed by atoms with Crippen LogP contribution in [-0.4, -0.2) is 20.9 Å². The lowest BCUT2D eigenvalue weighted by atomic mass is 10.2. The van der Waals surface area contributed by atoms with Crippen molar-refractivity contribution >= 4 is 37.5 Å². The topological polar surface area (TPSA) is 115 Å². The molecule has 0 spiro atoms. The summed E-state index contributed by atoms with van der Waals surface area (Å²) < 4.78 is 39.6. The predicted octanol–water partition coefficient (Wildman–Crippen LogP) is 1.10. The molecule has 5 N–H and O–H groups in total. The minimum atomic E-state index is -3.79. The van der Waals surface area contributed by atoms with Gasteiger partial charge in [0, 0.05) is 17.4 Å². The lowest BCUT2D eigenvalue weighted by Crippen LogP contribution is -2.25. The Kier molecular flexibility index (Phi) is 5.90. The summed E-state index contributed by atoms with van der Waals surface area (Å²) in [7, 11) is -3.79. The average molecular weight is 368 g/mol. The number of rotatable bonds is 7. The van der Waals surface area contributed by atoms with E-state index in [4.69, 9.17) is 11.5 Å². The Morgan fingerprint density at radius 1 is 1.35 bits per heavy atom. The third-order valence-electron chi connectivity index (χ3n) is 2.48. The van der Waals surface area contributed by atoms with E-state index in [0.717, 1.165) is 12.1 Å². The van der Waals surface area contributed by atoms with Crippen molar-refractivity contribution in [1.82, 2.24) is 4.72 Å². The molecule has 0 aromatic heterocycles. The number of unbranched alkanes of at least 4 members (excludes halogenated alkanes) is 1. The Balaban J connectivity index is 2.70. The third kappa shape index (κ3) is 4.73. The van der Waals surface area contributed by atoms with E-state index >= 15 is 0 Å². The van der Waals surface area contributed by atoms with Gasteiger partial charge < -0.3 is 11.5 Å². The highest BCUT2D eigenvalue weighted by Crippen LogP contribution is 2.26. The number of benzene rings is 1. The molecule has 1 aromatic carbocycles. The Morgan fingerprint density at radius 2 is 2.00 bits per heavy atom. The maximum absolute atomic E-state index is 13.2. The summed E-state index contributed by atoms with van der Waals surface area (Å²) in [6.07, 6.45) is 1.16. The molecule has 9 heteroatoms. The first-order valence-corrected chi connectivity index (χ1v) is 8.04. The molecule has 0 aliphatic heterocycles. The summed E-state index contributed by atoms with van der Waals surface area (Å²) >= 11 is 2.98. The second kappa shape index (κ2) is 7.00. The molecule has 0 bridgehead atoms. The molecular formula is C11H15BrFN3O3S. The van der Waals surface area contributed by atoms with Gasteiger partial charge in [-0.2, -0.15) is 0 Å². The standard InChI is InChI=1S/C11H15BrFN3O3S/c12-7-5-8(13)9(14)6-10(7)20(18,19)16-4-2-1-3-11(15)17/h5-6,16H,1-4,14H2,(H2,15,17). The van der Waals surface area contributed by atoms with E-state index in [2.05, 4.69) is 20.7 Å². The van der Waals surface area contributed by atoms with Gasteiger partial charge in [-0.05, 0) is 40.9 Å². The molecule has 0 radical (unpaired) electrons. The van der Waals surface area contributed by atoms with Crippen molar-refractivity contribution in [3.63, 3.8) is 0 Å². The Hall–Kier alpha value is -1.19. The van der Waals surface area contributed by atoms with Gasteiger partial charge in [0.15, 0.2) is 0 Å². The van der Waals surface area contributed by atoms with Crippen LogP contribution in [0.1, 0.15) is 19.3 Å². The minimum absolute atomic E-state index is 0.0915. The lowest BCUT2D eigenvalue weighted by molar-refractivity contribution is -0.118. The number of nitrogens with one attached hydrogen (secondary N) is 1. The highest BCUT2D eigenvalue weighted by molar-refractivity contribution is 9.10. The van der Waals surface area contributed by atoms with E-state index in [1.165, 1.54) is 0 Å². The lowest BCUT2D eigenvalue weighted by Gasteiger charge is -2.09. The number of hydrogen-bond donors (Lipinski definition) is 3. The van der Waals surface area contributed by atoms with Crippen molar-refractivity contribution < 1.29 is 17.6 Å². The molecule has 112 valence electrons. The maximum Gasteiger partial charge on any atom is 0.241 e. The van der Waals surface area contributed by atoms with Gasteiger partial charge in [-0.1, -0.05) is 0 Å². The zero-order valence-corrected chi connectivity index (χ0v) is 12.9. The molecule has 1 aromatic rings. The van der Waals surface area contributed by atoms with Gasteiger partial charge in [0.25, 0.3) is 0 Å². The number of primary amides is 1. The summed E-state index contributed by atoms with van der Waals surface area (Å²) in [6.45, 7) is 0.152. The summed E-state index contributed by atoms with van der Waals surface area (Å²) in [5.41, 5.74) is 10.1. The molecule has 0 aliphatic rings. The van der Waals surface area contributed by atoms with Crippen LogP contribution in [-0.2, 0) is 14.8 Å². The summed E-state index contributed by atoms with van der Waals surface area (Å²) in [6, 6.07) is 2.04. The van der Waals surface area contributed by atoms with E-state index in [1.807, 2.05) is 0 Å². The maximum atomic E-state index is 13.2. The van der Waals surface area contributed by atoms with Crippen molar-refractivity contribution in [3.8, 4) is 0 Å². The molecule has 1 rings (SSSR count). The molecule has 0 atom stereocenters. The highest BCUT2D eigenvalue weighted by atomic mass is 79.9. The van der Waals surface area contributed by atoms with Crippen molar-refractivity contribution in [1.29, 1.82) is 0 Å². The first-order chi connectivity index (χ1) is 9.24. The second-order valence-corrected chi connectivity index (χ2v) is 6.72. The summed E-state index contributed by atoms with van der Waals surface area (Å²) in [4.78, 5) is 10.4. The molecule has 0 saturated carbocycles. The van der Waals surface area contributed by atoms with Crippen LogP contribution in [0.4, 0.5) is 10.1 Å². The van der Waals surface area contributed by atoms with Crippen LogP contribution in [0.3, 0.4) is 0 Å². The van der Waals surface area contributed by atoms with Crippen LogP contribution in [0, 0.1) is 5.82 Å². The monoisotopic (exact) mass is 367 g/mol. The zero-order chi connectivity index (χ0) is 15.3. The van der Waals surface area contributed by atoms with Gasteiger partial charge in [-0.3, -0.25) is 4.79 Å². The fourth-order valence-corrected chi connectivity index (χ4v) is 3.58. The van der Waals surface area contributed by atoms with Gasteiger partial charge in [0.1, 0.15) is 5.82 Å². The summed E-state index contributed by atoms with van der Waals surface area (Å²) in [5, 5.41) is 0. The number of nitrogens with two attached hydrogens (primary N) is 2. The third-order valence-corrected chi connectivity index (χ3v) is 4.90. The number of carbonyl (C=O) groups is 1. The van der Waals surface area contributed by atoms with Crippen molar-refractivity contribution in [2.45, 2.75) is 24.2 Å². The molecule has 0 fully saturated rings. The largest absolute Gasteiger partial charge is 0.396 e. The molecular weight excluding hydrogens is 353 g/mol. The minimum Gasteiger partial charge on any atom is -0.396 e. The number of hydrogen-bond acceptors (Lipinski definition) is 4. The van der Waals surface area contributed by atoms with Gasteiger partial charge >= 0.3 is 0 Å². The average Bonchev–Trinajstić information content (AvgIpc) is 2.32. The van der Waals surface area contributed by atoms with Crippen molar-refractivity contribution in [2.75, 3.05) is 12.3 Å². The number of halogens is 2. The summed E-state index contributed by atoms with van der Waals surface area (Å²) in [5.74, 6) is -1.13. The van der Waals surface area contributed by atoms with Crippen LogP contribution in [0.5, 0.6) is 0 Å². The molecule has 0 unspecified atom stereocenters. The molecule has 0 saturated heterocycles. The molecule has 20 heavy (non-hydrogen) atoms. The van der Waals surface area contributed by atoms with E-state index < -0.39 is 21.7 Å². The Morgan fingerprint density at radius 3 is 2.60 bits per heavy atom. The number of anilines is 1. The molecule has 0 heterocycles. The fraction of sp³-hybridized carbons (Fsp3) is 0.364. The van der Waals surface area contributed by atoms with Gasteiger partial charge in [-0.25, -0.2) is 17.5 Å². The first kappa shape index (κ1) is 16.9. The van der Waals surface area contributed by atoms with Crippen molar-refractivity contribution in [3.05, 3.63) is 22.4 Å². The smallest absolute Gasteiger partial charge is 0.241 e. The Labute approximate surface area is 124 Å². The quantitative estimate of drug-likeness (QED) is 0.494. The molecule has 1 amide bonds. The van der Waals surface area contributed by atoms with Gasteiger partial charge in [-0.15, -0.1) is 0 Å². The number of sulfonamides is 1. The van der Waals surface area contributed by atoms with Crippen LogP contribution < -0.4 is 16.2 Å². The number of carbonyl (C=O) groups excluding carboxylic acids is 1. The fourth-order valence-electron chi connectivity index (χ4n) is 1.46. The van der Waals surface area contributed by atoms with Crippen LogP contribution in [0.25, 0.3) is 0 Å². The normalized spacial score (nSPS) is 11.5. The van der Waals surface area contributed by atoms with Gasteiger partial charge in [0.2, 0.25) is 15.9 Å². The van der Waals surface area contributed by atoms with E-state index in [0.29, 0.717) is 12.8 Å².